The fourth-order valence-corrected chi connectivity index (χ4v) is 10.9. The summed E-state index contributed by atoms with van der Waals surface area (Å²) in [6, 6.07) is -0.934. The van der Waals surface area contributed by atoms with Crippen LogP contribution in [0.1, 0.15) is 271 Å². The second-order valence-electron chi connectivity index (χ2n) is 23.9. The second kappa shape index (κ2) is 54.6. The highest BCUT2D eigenvalue weighted by Gasteiger charge is 2.51. The van der Waals surface area contributed by atoms with Gasteiger partial charge in [-0.15, -0.1) is 0 Å². The van der Waals surface area contributed by atoms with E-state index >= 15 is 0 Å². The summed E-state index contributed by atoms with van der Waals surface area (Å²) < 4.78 is 22.8. The van der Waals surface area contributed by atoms with Gasteiger partial charge in [0.05, 0.1) is 32.0 Å². The molecule has 2 aliphatic rings. The third-order valence-corrected chi connectivity index (χ3v) is 16.4. The Kier molecular flexibility index (Phi) is 50.4. The van der Waals surface area contributed by atoms with Crippen molar-refractivity contribution in [3.05, 3.63) is 72.9 Å². The Hall–Kier alpha value is -2.57. The van der Waals surface area contributed by atoms with Crippen molar-refractivity contribution in [1.82, 2.24) is 5.32 Å². The van der Waals surface area contributed by atoms with Crippen LogP contribution in [0.5, 0.6) is 0 Å². The van der Waals surface area contributed by atoms with E-state index in [1.165, 1.54) is 180 Å². The number of nitrogens with one attached hydrogen (secondary N) is 1. The average Bonchev–Trinajstić information content (AvgIpc) is 3.18. The summed E-state index contributed by atoms with van der Waals surface area (Å²) >= 11 is 0. The van der Waals surface area contributed by atoms with E-state index in [1.54, 1.807) is 6.08 Å². The molecule has 0 bridgehead atoms. The van der Waals surface area contributed by atoms with E-state index < -0.39 is 86.8 Å². The van der Waals surface area contributed by atoms with Gasteiger partial charge in [-0.05, 0) is 70.6 Å². The molecule has 2 fully saturated rings. The number of rotatable bonds is 55. The number of hydrogen-bond acceptors (Lipinski definition) is 13. The highest BCUT2D eigenvalue weighted by Crippen LogP contribution is 2.30. The van der Waals surface area contributed by atoms with Crippen molar-refractivity contribution in [3.63, 3.8) is 0 Å². The van der Waals surface area contributed by atoms with Crippen LogP contribution < -0.4 is 5.32 Å². The first kappa shape index (κ1) is 77.5. The molecule has 14 heteroatoms. The Morgan fingerprint density at radius 3 is 1.31 bits per heavy atom. The van der Waals surface area contributed by atoms with Gasteiger partial charge >= 0.3 is 0 Å². The molecule has 0 radical (unpaired) electrons. The standard InChI is InChI=1S/C70H125NO13/c1-3-5-7-9-11-13-15-17-19-21-23-24-25-26-27-28-29-30-31-32-33-34-36-38-40-42-44-46-48-50-52-54-62(75)71-58(59(74)53-51-49-47-45-43-41-39-37-35-22-20-18-16-14-12-10-8-6-4-2)57-81-69-67(80)65(78)68(61(56-73)83-69)84-70-66(79)64(77)63(76)60(55-72)82-70/h5,7,11,13,17,19,23-24,43,45,51,53,58-61,63-70,72-74,76-80H,3-4,6,8-10,12,14-16,18,20-22,25-42,44,46-50,52,54-57H2,1-2H3,(H,71,75)/b7-5-,13-11-,19-17-,24-23-,45-43+,53-51+. The molecular weight excluding hydrogens is 1060 g/mol. The molecule has 1 amide bonds. The summed E-state index contributed by atoms with van der Waals surface area (Å²) in [5.41, 5.74) is 0. The van der Waals surface area contributed by atoms with Gasteiger partial charge in [-0.1, -0.05) is 267 Å². The molecule has 0 saturated carbocycles. The van der Waals surface area contributed by atoms with Crippen molar-refractivity contribution >= 4 is 5.91 Å². The number of allylic oxidation sites excluding steroid dienone is 11. The lowest BCUT2D eigenvalue weighted by Crippen LogP contribution is -2.65. The lowest BCUT2D eigenvalue weighted by molar-refractivity contribution is -0.359. The second-order valence-corrected chi connectivity index (χ2v) is 23.9. The van der Waals surface area contributed by atoms with Gasteiger partial charge in [0, 0.05) is 6.42 Å². The minimum Gasteiger partial charge on any atom is -0.394 e. The van der Waals surface area contributed by atoms with Crippen molar-refractivity contribution in [2.75, 3.05) is 19.8 Å². The Morgan fingerprint density at radius 2 is 0.833 bits per heavy atom. The molecule has 2 saturated heterocycles. The lowest BCUT2D eigenvalue weighted by Gasteiger charge is -2.46. The van der Waals surface area contributed by atoms with Crippen LogP contribution >= 0.6 is 0 Å². The molecule has 2 rings (SSSR count). The van der Waals surface area contributed by atoms with E-state index in [0.717, 1.165) is 57.8 Å². The Morgan fingerprint density at radius 1 is 0.440 bits per heavy atom. The minimum absolute atomic E-state index is 0.247. The first-order valence-corrected chi connectivity index (χ1v) is 34.2. The fraction of sp³-hybridized carbons (Fsp3) is 0.814. The fourth-order valence-electron chi connectivity index (χ4n) is 10.9. The molecule has 12 unspecified atom stereocenters. The van der Waals surface area contributed by atoms with E-state index in [0.29, 0.717) is 12.8 Å². The van der Waals surface area contributed by atoms with Gasteiger partial charge < -0.3 is 65.1 Å². The highest BCUT2D eigenvalue weighted by molar-refractivity contribution is 5.76. The van der Waals surface area contributed by atoms with Crippen LogP contribution in [0.25, 0.3) is 0 Å². The number of carbonyl (C=O) groups excluding carboxylic acids is 1. The van der Waals surface area contributed by atoms with Crippen molar-refractivity contribution in [2.45, 2.75) is 344 Å². The first-order valence-electron chi connectivity index (χ1n) is 34.2. The number of carbonyl (C=O) groups is 1. The monoisotopic (exact) mass is 1190 g/mol. The number of ether oxygens (including phenoxy) is 4. The lowest BCUT2D eigenvalue weighted by atomic mass is 9.97. The summed E-state index contributed by atoms with van der Waals surface area (Å²) in [6.45, 7) is 2.69. The molecule has 0 aliphatic carbocycles. The summed E-state index contributed by atoms with van der Waals surface area (Å²) in [5, 5.41) is 87.3. The molecule has 14 nitrogen and oxygen atoms in total. The molecular formula is C70H125NO13. The molecule has 2 aliphatic heterocycles. The zero-order chi connectivity index (χ0) is 60.9. The maximum Gasteiger partial charge on any atom is 0.220 e. The van der Waals surface area contributed by atoms with Crippen molar-refractivity contribution in [1.29, 1.82) is 0 Å². The Bertz CT molecular complexity index is 1690. The first-order chi connectivity index (χ1) is 41.1. The molecule has 0 aromatic rings. The summed E-state index contributed by atoms with van der Waals surface area (Å²) in [6.07, 6.45) is 56.7. The van der Waals surface area contributed by atoms with Crippen LogP contribution in [0.2, 0.25) is 0 Å². The van der Waals surface area contributed by atoms with Gasteiger partial charge in [-0.2, -0.15) is 0 Å². The molecule has 0 aromatic carbocycles. The molecule has 2 heterocycles. The van der Waals surface area contributed by atoms with E-state index in [1.807, 2.05) is 6.08 Å². The van der Waals surface area contributed by atoms with Crippen molar-refractivity contribution in [2.24, 2.45) is 0 Å². The number of aliphatic hydroxyl groups is 8. The van der Waals surface area contributed by atoms with Gasteiger partial charge in [-0.25, -0.2) is 0 Å². The average molecular weight is 1190 g/mol. The Labute approximate surface area is 510 Å². The third-order valence-electron chi connectivity index (χ3n) is 16.4. The van der Waals surface area contributed by atoms with Crippen LogP contribution in [0.4, 0.5) is 0 Å². The maximum absolute atomic E-state index is 13.3. The molecule has 0 spiro atoms. The largest absolute Gasteiger partial charge is 0.394 e. The number of hydrogen-bond donors (Lipinski definition) is 9. The quantitative estimate of drug-likeness (QED) is 0.0204. The SMILES string of the molecule is CC/C=C\C/C=C\C/C=C\C/C=C\CCCCCCCCCCCCCCCCCCCCC(=O)NC(COC1OC(CO)C(OC2OC(CO)C(O)C(O)C2O)C(O)C1O)C(O)/C=C/CC/C=C/CCCCCCCCCCCCCCC. The normalized spacial score (nSPS) is 24.1. The van der Waals surface area contributed by atoms with Crippen LogP contribution in [0.3, 0.4) is 0 Å². The number of amides is 1. The van der Waals surface area contributed by atoms with Crippen LogP contribution in [0.15, 0.2) is 72.9 Å². The third kappa shape index (κ3) is 38.7. The maximum atomic E-state index is 13.3. The topological polar surface area (TPSA) is 228 Å². The summed E-state index contributed by atoms with van der Waals surface area (Å²) in [5.74, 6) is -0.247. The molecule has 84 heavy (non-hydrogen) atoms. The summed E-state index contributed by atoms with van der Waals surface area (Å²) in [4.78, 5) is 13.3. The van der Waals surface area contributed by atoms with E-state index in [2.05, 4.69) is 79.9 Å². The molecule has 488 valence electrons. The highest BCUT2D eigenvalue weighted by atomic mass is 16.7. The van der Waals surface area contributed by atoms with Crippen molar-refractivity contribution in [3.8, 4) is 0 Å². The van der Waals surface area contributed by atoms with Crippen LogP contribution in [0, 0.1) is 0 Å². The van der Waals surface area contributed by atoms with Crippen molar-refractivity contribution < 1.29 is 64.6 Å². The van der Waals surface area contributed by atoms with Crippen LogP contribution in [-0.2, 0) is 23.7 Å². The zero-order valence-corrected chi connectivity index (χ0v) is 52.9. The number of unbranched alkanes of at least 4 members (excludes halogenated alkanes) is 32. The van der Waals surface area contributed by atoms with Crippen LogP contribution in [-0.4, -0.2) is 140 Å². The van der Waals surface area contributed by atoms with E-state index in [9.17, 15) is 45.6 Å². The Balaban J connectivity index is 1.67. The molecule has 12 atom stereocenters. The summed E-state index contributed by atoms with van der Waals surface area (Å²) in [7, 11) is 0. The van der Waals surface area contributed by atoms with Gasteiger partial charge in [0.2, 0.25) is 5.91 Å². The minimum atomic E-state index is -1.79. The zero-order valence-electron chi connectivity index (χ0n) is 52.9. The molecule has 9 N–H and O–H groups in total. The smallest absolute Gasteiger partial charge is 0.220 e. The van der Waals surface area contributed by atoms with E-state index in [-0.39, 0.29) is 18.9 Å². The molecule has 0 aromatic heterocycles. The van der Waals surface area contributed by atoms with Gasteiger partial charge in [0.25, 0.3) is 0 Å². The number of aliphatic hydroxyl groups excluding tert-OH is 8. The predicted molar refractivity (Wildman–Crippen MR) is 341 cm³/mol. The van der Waals surface area contributed by atoms with Gasteiger partial charge in [0.1, 0.15) is 48.8 Å². The van der Waals surface area contributed by atoms with Gasteiger partial charge in [-0.3, -0.25) is 4.79 Å². The predicted octanol–water partition coefficient (Wildman–Crippen LogP) is 13.5. The van der Waals surface area contributed by atoms with E-state index in [4.69, 9.17) is 18.9 Å². The van der Waals surface area contributed by atoms with Gasteiger partial charge in [0.15, 0.2) is 12.6 Å².